The molecule has 0 aromatic heterocycles. The summed E-state index contributed by atoms with van der Waals surface area (Å²) in [4.78, 5) is 12.3. The lowest BCUT2D eigenvalue weighted by Gasteiger charge is -2.50. The Bertz CT molecular complexity index is 515. The van der Waals surface area contributed by atoms with Crippen LogP contribution in [0.2, 0.25) is 0 Å². The summed E-state index contributed by atoms with van der Waals surface area (Å²) in [7, 11) is 0. The Kier molecular flexibility index (Phi) is 12.0. The van der Waals surface area contributed by atoms with Gasteiger partial charge in [-0.15, -0.1) is 0 Å². The molecule has 186 valence electrons. The van der Waals surface area contributed by atoms with E-state index in [1.807, 2.05) is 0 Å². The van der Waals surface area contributed by atoms with E-state index >= 15 is 0 Å². The number of unbranched alkanes of at least 4 members (excludes halogenated alkanes) is 9. The van der Waals surface area contributed by atoms with E-state index in [1.54, 1.807) is 0 Å². The van der Waals surface area contributed by atoms with E-state index < -0.39 is 0 Å². The van der Waals surface area contributed by atoms with Gasteiger partial charge in [0.15, 0.2) is 0 Å². The second-order valence-electron chi connectivity index (χ2n) is 11.7. The molecule has 3 rings (SSSR count). The highest BCUT2D eigenvalue weighted by atomic mass is 16.5. The number of fused-ring (bicyclic) bond motifs is 3. The quantitative estimate of drug-likeness (QED) is 0.196. The highest BCUT2D eigenvalue weighted by molar-refractivity contribution is 5.69. The molecule has 2 heteroatoms. The Morgan fingerprint density at radius 1 is 0.656 bits per heavy atom. The van der Waals surface area contributed by atoms with Crippen molar-refractivity contribution < 1.29 is 9.53 Å². The highest BCUT2D eigenvalue weighted by Crippen LogP contribution is 2.53. The van der Waals surface area contributed by atoms with E-state index in [0.29, 0.717) is 6.42 Å². The standard InChI is InChI=1S/C30H54O2/c1-3-5-7-9-11-13-15-30(31)32-27-19-21-29-26(23-27)18-17-25-22-24(16-20-28(25)29)14-12-10-8-6-4-2/h24-29H,3-23H2,1-2H3/t24-,25?,26?,27-,28?,29?/m0/s1. The van der Waals surface area contributed by atoms with Crippen LogP contribution < -0.4 is 0 Å². The molecule has 0 N–H and O–H groups in total. The van der Waals surface area contributed by atoms with Gasteiger partial charge in [0.25, 0.3) is 0 Å². The van der Waals surface area contributed by atoms with Gasteiger partial charge < -0.3 is 4.74 Å². The third kappa shape index (κ3) is 8.35. The fourth-order valence-corrected chi connectivity index (χ4v) is 7.55. The van der Waals surface area contributed by atoms with Gasteiger partial charge in [0.1, 0.15) is 6.10 Å². The van der Waals surface area contributed by atoms with Crippen LogP contribution >= 0.6 is 0 Å². The maximum absolute atomic E-state index is 12.3. The summed E-state index contributed by atoms with van der Waals surface area (Å²) in [6.07, 6.45) is 27.9. The molecule has 3 aliphatic carbocycles. The van der Waals surface area contributed by atoms with Crippen LogP contribution in [0.5, 0.6) is 0 Å². The van der Waals surface area contributed by atoms with Crippen molar-refractivity contribution in [3.8, 4) is 0 Å². The van der Waals surface area contributed by atoms with E-state index in [1.165, 1.54) is 109 Å². The number of hydrogen-bond donors (Lipinski definition) is 0. The number of esters is 1. The predicted molar refractivity (Wildman–Crippen MR) is 136 cm³/mol. The second kappa shape index (κ2) is 14.7. The van der Waals surface area contributed by atoms with Gasteiger partial charge in [-0.25, -0.2) is 0 Å². The first-order chi connectivity index (χ1) is 15.7. The first-order valence-electron chi connectivity index (χ1n) is 14.9. The molecule has 0 aliphatic heterocycles. The fourth-order valence-electron chi connectivity index (χ4n) is 7.55. The summed E-state index contributed by atoms with van der Waals surface area (Å²) in [6, 6.07) is 0. The van der Waals surface area contributed by atoms with Gasteiger partial charge in [0.05, 0.1) is 0 Å². The van der Waals surface area contributed by atoms with Crippen LogP contribution in [0, 0.1) is 29.6 Å². The Morgan fingerprint density at radius 2 is 1.25 bits per heavy atom. The molecule has 0 saturated heterocycles. The largest absolute Gasteiger partial charge is 0.462 e. The molecular weight excluding hydrogens is 392 g/mol. The van der Waals surface area contributed by atoms with E-state index in [2.05, 4.69) is 13.8 Å². The van der Waals surface area contributed by atoms with E-state index in [-0.39, 0.29) is 12.1 Å². The molecule has 0 bridgehead atoms. The van der Waals surface area contributed by atoms with Crippen molar-refractivity contribution >= 4 is 5.97 Å². The molecule has 3 fully saturated rings. The summed E-state index contributed by atoms with van der Waals surface area (Å²) in [6.45, 7) is 4.56. The van der Waals surface area contributed by atoms with Crippen LogP contribution in [0.1, 0.15) is 149 Å². The lowest BCUT2D eigenvalue weighted by atomic mass is 9.56. The van der Waals surface area contributed by atoms with Crippen molar-refractivity contribution in [3.63, 3.8) is 0 Å². The van der Waals surface area contributed by atoms with Crippen molar-refractivity contribution in [2.24, 2.45) is 29.6 Å². The van der Waals surface area contributed by atoms with Crippen molar-refractivity contribution in [3.05, 3.63) is 0 Å². The summed E-state index contributed by atoms with van der Waals surface area (Å²) >= 11 is 0. The minimum Gasteiger partial charge on any atom is -0.462 e. The number of hydrogen-bond acceptors (Lipinski definition) is 2. The molecule has 0 amide bonds. The van der Waals surface area contributed by atoms with Gasteiger partial charge in [-0.1, -0.05) is 90.9 Å². The van der Waals surface area contributed by atoms with Gasteiger partial charge >= 0.3 is 5.97 Å². The smallest absolute Gasteiger partial charge is 0.306 e. The van der Waals surface area contributed by atoms with Crippen LogP contribution in [0.3, 0.4) is 0 Å². The van der Waals surface area contributed by atoms with Crippen LogP contribution in [0.4, 0.5) is 0 Å². The number of carbonyl (C=O) groups is 1. The second-order valence-corrected chi connectivity index (χ2v) is 11.7. The van der Waals surface area contributed by atoms with Crippen LogP contribution in [-0.4, -0.2) is 12.1 Å². The molecule has 32 heavy (non-hydrogen) atoms. The zero-order chi connectivity index (χ0) is 22.6. The SMILES string of the molecule is CCCCCCCCC(=O)O[C@H]1CCC2C(CCC3C[C@@H](CCCCCCC)CCC32)C1. The Hall–Kier alpha value is -0.530. The van der Waals surface area contributed by atoms with Crippen molar-refractivity contribution in [2.75, 3.05) is 0 Å². The molecule has 3 saturated carbocycles. The molecule has 0 radical (unpaired) electrons. The Labute approximate surface area is 200 Å². The predicted octanol–water partition coefficient (Wildman–Crippen LogP) is 9.25. The molecule has 0 aromatic rings. The molecule has 4 unspecified atom stereocenters. The van der Waals surface area contributed by atoms with E-state index in [4.69, 9.17) is 4.74 Å². The lowest BCUT2D eigenvalue weighted by Crippen LogP contribution is -2.43. The fraction of sp³-hybridized carbons (Fsp3) is 0.967. The lowest BCUT2D eigenvalue weighted by molar-refractivity contribution is -0.153. The third-order valence-electron chi connectivity index (χ3n) is 9.35. The van der Waals surface area contributed by atoms with Crippen molar-refractivity contribution in [2.45, 2.75) is 155 Å². The summed E-state index contributed by atoms with van der Waals surface area (Å²) < 4.78 is 5.95. The number of carbonyl (C=O) groups excluding carboxylic acids is 1. The van der Waals surface area contributed by atoms with Gasteiger partial charge in [-0.2, -0.15) is 0 Å². The van der Waals surface area contributed by atoms with Crippen molar-refractivity contribution in [1.29, 1.82) is 0 Å². The van der Waals surface area contributed by atoms with Gasteiger partial charge in [-0.3, -0.25) is 4.79 Å². The maximum Gasteiger partial charge on any atom is 0.306 e. The topological polar surface area (TPSA) is 26.3 Å². The molecule has 6 atom stereocenters. The normalized spacial score (nSPS) is 32.2. The molecule has 0 heterocycles. The average Bonchev–Trinajstić information content (AvgIpc) is 2.81. The third-order valence-corrected chi connectivity index (χ3v) is 9.35. The van der Waals surface area contributed by atoms with Crippen LogP contribution in [-0.2, 0) is 9.53 Å². The first kappa shape index (κ1) is 26.1. The van der Waals surface area contributed by atoms with E-state index in [9.17, 15) is 4.79 Å². The number of ether oxygens (including phenoxy) is 1. The zero-order valence-corrected chi connectivity index (χ0v) is 21.6. The maximum atomic E-state index is 12.3. The van der Waals surface area contributed by atoms with E-state index in [0.717, 1.165) is 48.9 Å². The number of rotatable bonds is 14. The van der Waals surface area contributed by atoms with Crippen molar-refractivity contribution in [1.82, 2.24) is 0 Å². The summed E-state index contributed by atoms with van der Waals surface area (Å²) in [5.74, 6) is 4.88. The molecule has 2 nitrogen and oxygen atoms in total. The highest BCUT2D eigenvalue weighted by Gasteiger charge is 2.44. The van der Waals surface area contributed by atoms with Crippen LogP contribution in [0.15, 0.2) is 0 Å². The minimum atomic E-state index is 0.0806. The molecular formula is C30H54O2. The summed E-state index contributed by atoms with van der Waals surface area (Å²) in [5.41, 5.74) is 0. The Morgan fingerprint density at radius 3 is 1.97 bits per heavy atom. The first-order valence-corrected chi connectivity index (χ1v) is 14.9. The minimum absolute atomic E-state index is 0.0806. The summed E-state index contributed by atoms with van der Waals surface area (Å²) in [5, 5.41) is 0. The van der Waals surface area contributed by atoms with Gasteiger partial charge in [-0.05, 0) is 81.0 Å². The van der Waals surface area contributed by atoms with Gasteiger partial charge in [0.2, 0.25) is 0 Å². The average molecular weight is 447 g/mol. The Balaban J connectivity index is 1.32. The molecule has 0 aromatic carbocycles. The molecule has 0 spiro atoms. The molecule has 3 aliphatic rings. The van der Waals surface area contributed by atoms with Gasteiger partial charge in [0, 0.05) is 6.42 Å². The van der Waals surface area contributed by atoms with Crippen LogP contribution in [0.25, 0.3) is 0 Å². The zero-order valence-electron chi connectivity index (χ0n) is 21.6. The monoisotopic (exact) mass is 446 g/mol.